The quantitative estimate of drug-likeness (QED) is 0.701. The van der Waals surface area contributed by atoms with Crippen molar-refractivity contribution in [1.29, 1.82) is 0 Å². The molecule has 1 fully saturated rings. The summed E-state index contributed by atoms with van der Waals surface area (Å²) >= 11 is 6.53. The predicted octanol–water partition coefficient (Wildman–Crippen LogP) is 3.30. The smallest absolute Gasteiger partial charge is 0.134 e. The number of aryl methyl sites for hydroxylation is 4. The Morgan fingerprint density at radius 1 is 1.23 bits per heavy atom. The molecule has 138 valence electrons. The van der Waals surface area contributed by atoms with Crippen LogP contribution in [0.15, 0.2) is 16.7 Å². The Morgan fingerprint density at radius 3 is 2.69 bits per heavy atom. The van der Waals surface area contributed by atoms with Gasteiger partial charge in [-0.1, -0.05) is 16.8 Å². The second-order valence-electron chi connectivity index (χ2n) is 7.11. The van der Waals surface area contributed by atoms with Gasteiger partial charge in [0.25, 0.3) is 0 Å². The standard InChI is InChI=1S/C18H23ClN6O/c1-11-7-12(2)25(20-11)14-5-6-24(9-14)10-15-17(21-23(4)18(15)19)16-8-13(3)26-22-16/h7-8,14H,5-6,9-10H2,1-4H3. The van der Waals surface area contributed by atoms with Crippen molar-refractivity contribution in [3.63, 3.8) is 0 Å². The fraction of sp³-hybridized carbons (Fsp3) is 0.500. The molecule has 0 saturated carbocycles. The highest BCUT2D eigenvalue weighted by atomic mass is 35.5. The lowest BCUT2D eigenvalue weighted by molar-refractivity contribution is 0.310. The van der Waals surface area contributed by atoms with Crippen molar-refractivity contribution in [2.45, 2.75) is 39.8 Å². The SMILES string of the molecule is Cc1cc(C)n(C2CCN(Cc3c(-c4cc(C)on4)nn(C)c3Cl)C2)n1. The van der Waals surface area contributed by atoms with Crippen molar-refractivity contribution >= 4 is 11.6 Å². The second-order valence-corrected chi connectivity index (χ2v) is 7.47. The van der Waals surface area contributed by atoms with Crippen LogP contribution in [0.4, 0.5) is 0 Å². The molecular formula is C18H23ClN6O. The zero-order chi connectivity index (χ0) is 18.4. The molecule has 0 spiro atoms. The summed E-state index contributed by atoms with van der Waals surface area (Å²) in [5.74, 6) is 0.762. The summed E-state index contributed by atoms with van der Waals surface area (Å²) in [5.41, 5.74) is 4.81. The lowest BCUT2D eigenvalue weighted by Crippen LogP contribution is -2.22. The van der Waals surface area contributed by atoms with Crippen LogP contribution >= 0.6 is 11.6 Å². The first kappa shape index (κ1) is 17.3. The lowest BCUT2D eigenvalue weighted by Gasteiger charge is -2.17. The molecule has 0 bridgehead atoms. The number of likely N-dealkylation sites (tertiary alicyclic amines) is 1. The average molecular weight is 375 g/mol. The first-order valence-electron chi connectivity index (χ1n) is 8.82. The fourth-order valence-corrected chi connectivity index (χ4v) is 3.95. The molecule has 7 nitrogen and oxygen atoms in total. The molecule has 0 amide bonds. The second kappa shape index (κ2) is 6.55. The molecule has 4 rings (SSSR count). The molecule has 26 heavy (non-hydrogen) atoms. The molecule has 1 atom stereocenters. The molecule has 8 heteroatoms. The minimum absolute atomic E-state index is 0.400. The van der Waals surface area contributed by atoms with Crippen LogP contribution in [0.25, 0.3) is 11.4 Å². The van der Waals surface area contributed by atoms with Gasteiger partial charge < -0.3 is 4.52 Å². The van der Waals surface area contributed by atoms with E-state index in [0.29, 0.717) is 11.2 Å². The summed E-state index contributed by atoms with van der Waals surface area (Å²) in [6, 6.07) is 4.42. The van der Waals surface area contributed by atoms with Gasteiger partial charge in [0.15, 0.2) is 0 Å². The molecule has 1 saturated heterocycles. The van der Waals surface area contributed by atoms with Crippen LogP contribution in [0.5, 0.6) is 0 Å². The highest BCUT2D eigenvalue weighted by molar-refractivity contribution is 6.30. The molecule has 0 aliphatic carbocycles. The van der Waals surface area contributed by atoms with Gasteiger partial charge in [-0.05, 0) is 33.3 Å². The maximum atomic E-state index is 6.53. The Hall–Kier alpha value is -2.12. The van der Waals surface area contributed by atoms with E-state index >= 15 is 0 Å². The zero-order valence-corrected chi connectivity index (χ0v) is 16.3. The van der Waals surface area contributed by atoms with Crippen LogP contribution in [0, 0.1) is 20.8 Å². The van der Waals surface area contributed by atoms with Crippen molar-refractivity contribution in [1.82, 2.24) is 29.6 Å². The van der Waals surface area contributed by atoms with Gasteiger partial charge in [0.05, 0.1) is 11.7 Å². The van der Waals surface area contributed by atoms with Gasteiger partial charge in [0, 0.05) is 44.0 Å². The third kappa shape index (κ3) is 3.05. The maximum absolute atomic E-state index is 6.53. The molecule has 1 aliphatic rings. The van der Waals surface area contributed by atoms with Crippen LogP contribution in [0.2, 0.25) is 5.15 Å². The summed E-state index contributed by atoms with van der Waals surface area (Å²) < 4.78 is 9.07. The van der Waals surface area contributed by atoms with E-state index in [1.54, 1.807) is 4.68 Å². The van der Waals surface area contributed by atoms with E-state index in [0.717, 1.165) is 54.5 Å². The van der Waals surface area contributed by atoms with E-state index in [9.17, 15) is 0 Å². The monoisotopic (exact) mass is 374 g/mol. The van der Waals surface area contributed by atoms with E-state index < -0.39 is 0 Å². The van der Waals surface area contributed by atoms with Crippen LogP contribution in [0.1, 0.15) is 35.2 Å². The van der Waals surface area contributed by atoms with Gasteiger partial charge in [-0.3, -0.25) is 14.3 Å². The number of halogens is 1. The average Bonchev–Trinajstić information content (AvgIpc) is 3.34. The largest absolute Gasteiger partial charge is 0.361 e. The lowest BCUT2D eigenvalue weighted by atomic mass is 10.2. The topological polar surface area (TPSA) is 64.9 Å². The van der Waals surface area contributed by atoms with Gasteiger partial charge in [0.2, 0.25) is 0 Å². The van der Waals surface area contributed by atoms with Gasteiger partial charge >= 0.3 is 0 Å². The molecule has 4 heterocycles. The summed E-state index contributed by atoms with van der Waals surface area (Å²) in [6.07, 6.45) is 1.08. The fourth-order valence-electron chi connectivity index (χ4n) is 3.77. The molecule has 0 radical (unpaired) electrons. The minimum atomic E-state index is 0.400. The Labute approximate surface area is 157 Å². The van der Waals surface area contributed by atoms with E-state index in [4.69, 9.17) is 16.1 Å². The molecule has 3 aromatic rings. The van der Waals surface area contributed by atoms with Gasteiger partial charge in [0.1, 0.15) is 22.3 Å². The van der Waals surface area contributed by atoms with Crippen LogP contribution in [0.3, 0.4) is 0 Å². The van der Waals surface area contributed by atoms with E-state index in [1.165, 1.54) is 5.69 Å². The van der Waals surface area contributed by atoms with Gasteiger partial charge in [-0.25, -0.2) is 0 Å². The Bertz CT molecular complexity index is 940. The molecule has 1 unspecified atom stereocenters. The van der Waals surface area contributed by atoms with Gasteiger partial charge in [-0.15, -0.1) is 0 Å². The van der Waals surface area contributed by atoms with E-state index in [-0.39, 0.29) is 0 Å². The zero-order valence-electron chi connectivity index (χ0n) is 15.5. The summed E-state index contributed by atoms with van der Waals surface area (Å²) in [7, 11) is 1.85. The van der Waals surface area contributed by atoms with Gasteiger partial charge in [-0.2, -0.15) is 10.2 Å². The minimum Gasteiger partial charge on any atom is -0.361 e. The summed E-state index contributed by atoms with van der Waals surface area (Å²) in [6.45, 7) is 8.73. The van der Waals surface area contributed by atoms with Crippen molar-refractivity contribution in [3.05, 3.63) is 40.0 Å². The normalized spacial score (nSPS) is 18.1. The maximum Gasteiger partial charge on any atom is 0.134 e. The van der Waals surface area contributed by atoms with Crippen molar-refractivity contribution in [2.75, 3.05) is 13.1 Å². The van der Waals surface area contributed by atoms with Crippen molar-refractivity contribution in [2.24, 2.45) is 7.05 Å². The van der Waals surface area contributed by atoms with E-state index in [1.807, 2.05) is 27.0 Å². The number of nitrogens with zero attached hydrogens (tertiary/aromatic N) is 6. The summed E-state index contributed by atoms with van der Waals surface area (Å²) in [4.78, 5) is 2.40. The predicted molar refractivity (Wildman–Crippen MR) is 99.1 cm³/mol. The first-order chi connectivity index (χ1) is 12.4. The van der Waals surface area contributed by atoms with Crippen molar-refractivity contribution in [3.8, 4) is 11.4 Å². The highest BCUT2D eigenvalue weighted by Gasteiger charge is 2.28. The number of hydrogen-bond acceptors (Lipinski definition) is 5. The first-order valence-corrected chi connectivity index (χ1v) is 9.20. The molecule has 3 aromatic heterocycles. The Morgan fingerprint density at radius 2 is 2.04 bits per heavy atom. The third-order valence-corrected chi connectivity index (χ3v) is 5.43. The van der Waals surface area contributed by atoms with Crippen LogP contribution in [-0.4, -0.2) is 42.7 Å². The third-order valence-electron chi connectivity index (χ3n) is 4.96. The van der Waals surface area contributed by atoms with Crippen LogP contribution < -0.4 is 0 Å². The summed E-state index contributed by atoms with van der Waals surface area (Å²) in [5, 5.41) is 14.0. The number of rotatable bonds is 4. The number of aromatic nitrogens is 5. The van der Waals surface area contributed by atoms with Crippen LogP contribution in [-0.2, 0) is 13.6 Å². The molecular weight excluding hydrogens is 352 g/mol. The molecule has 0 aromatic carbocycles. The van der Waals surface area contributed by atoms with E-state index in [2.05, 4.69) is 37.9 Å². The Kier molecular flexibility index (Phi) is 4.36. The molecule has 1 aliphatic heterocycles. The number of hydrogen-bond donors (Lipinski definition) is 0. The Balaban J connectivity index is 1.56. The molecule has 0 N–H and O–H groups in total. The highest BCUT2D eigenvalue weighted by Crippen LogP contribution is 2.31. The van der Waals surface area contributed by atoms with Crippen molar-refractivity contribution < 1.29 is 4.52 Å².